The highest BCUT2D eigenvalue weighted by Gasteiger charge is 2.21. The Morgan fingerprint density at radius 2 is 0.860 bits per heavy atom. The van der Waals surface area contributed by atoms with Gasteiger partial charge in [-0.15, -0.1) is 0 Å². The predicted octanol–water partition coefficient (Wildman–Crippen LogP) is 12.1. The summed E-state index contributed by atoms with van der Waals surface area (Å²) in [6.07, 6.45) is 5.78. The molecular formula is C70H84FN7O29. The Balaban J connectivity index is -0.000000583. The van der Waals surface area contributed by atoms with Crippen molar-refractivity contribution in [3.05, 3.63) is 253 Å². The standard InChI is InChI=1S/C13H15NO5.C11H8N2O4.C11H11NO5.C11H15NO3.C9H7NO5.C7H5NO3.C3H6O2.C2H6.CH3F.2CH4O/c1-3-18-12(13(15)19-4-2)9-10-5-7-11(8-6-10)14(16)17;1-7-12-10(11(14)17-7)6-8-2-4-9(5-3-8)13(15)16;1-2-17-10(11(13)14)7-8-3-5-9(6-4-8)12(15)16;1-2-15-10(11(13)14)7-8-3-5-9(12)6-4-8;11-8(9(12)13)5-6-1-3-7(4-2-6)10(14)15;9-5-6-1-3-7(4-2-6)8(10)11;1-2-3(4)5;4*1-2/h5-9H,3-4H2,1-2H3;2-6H,1H3;3-7H,2H2,1H3,(H,13,14);3-6,10H,2,7,12H2,1H3,(H,13,14);1-5,11H,(H,12,13);1-5H;2H2,1H3,(H,4,5);1-2H3;1H3;2*2H,1H3/b12-9-;10-6-;10-7-;;8-5-;;;;;;/i;;;;;;;;1D;;. The molecule has 1 atom stereocenters. The van der Waals surface area contributed by atoms with E-state index in [0.717, 1.165) is 25.9 Å². The van der Waals surface area contributed by atoms with E-state index in [1.165, 1.54) is 127 Å². The van der Waals surface area contributed by atoms with Gasteiger partial charge in [-0.1, -0.05) is 32.9 Å². The van der Waals surface area contributed by atoms with Crippen LogP contribution in [-0.2, 0) is 58.9 Å². The Morgan fingerprint density at radius 3 is 1.14 bits per heavy atom. The number of nitrogens with zero attached hydrogens (tertiary/aromatic N) is 6. The number of alkyl halides is 1. The van der Waals surface area contributed by atoms with Crippen molar-refractivity contribution in [2.45, 2.75) is 74.3 Å². The number of nitro groups is 5. The highest BCUT2D eigenvalue weighted by molar-refractivity contribution is 6.06. The smallest absolute Gasteiger partial charge is 0.373 e. The minimum absolute atomic E-state index is 0.000769. The Labute approximate surface area is 613 Å². The molecule has 0 spiro atoms. The lowest BCUT2D eigenvalue weighted by Crippen LogP contribution is -2.26. The molecule has 0 aliphatic carbocycles. The molecule has 107 heavy (non-hydrogen) atoms. The number of cyclic esters (lactones) is 1. The molecule has 36 nitrogen and oxygen atoms in total. The van der Waals surface area contributed by atoms with Crippen LogP contribution in [0.5, 0.6) is 0 Å². The van der Waals surface area contributed by atoms with E-state index < -0.39 is 79.4 Å². The van der Waals surface area contributed by atoms with Gasteiger partial charge in [0, 0.05) is 113 Å². The van der Waals surface area contributed by atoms with E-state index in [1.54, 1.807) is 65.8 Å². The molecule has 1 heterocycles. The minimum atomic E-state index is -1.45. The Hall–Kier alpha value is -13.6. The van der Waals surface area contributed by atoms with Crippen molar-refractivity contribution in [2.75, 3.05) is 53.5 Å². The maximum atomic E-state index is 11.6. The molecule has 0 saturated carbocycles. The number of ether oxygens (including phenoxy) is 5. The van der Waals surface area contributed by atoms with Gasteiger partial charge < -0.3 is 65.2 Å². The average Bonchev–Trinajstić information content (AvgIpc) is 1.61. The molecule has 1 aliphatic rings. The summed E-state index contributed by atoms with van der Waals surface area (Å²) in [7, 11) is 1.00. The number of non-ortho nitro benzene ring substituents is 5. The monoisotopic (exact) mass is 1510 g/mol. The first-order valence-electron chi connectivity index (χ1n) is 31.5. The van der Waals surface area contributed by atoms with Crippen molar-refractivity contribution in [2.24, 2.45) is 4.99 Å². The third-order valence-electron chi connectivity index (χ3n) is 11.4. The van der Waals surface area contributed by atoms with Crippen molar-refractivity contribution in [1.82, 2.24) is 0 Å². The second-order valence-electron chi connectivity index (χ2n) is 18.6. The van der Waals surface area contributed by atoms with Crippen molar-refractivity contribution >= 4 is 106 Å². The molecule has 0 saturated heterocycles. The number of aliphatic imine (C=N–C) groups is 1. The van der Waals surface area contributed by atoms with Crippen LogP contribution in [0.3, 0.4) is 0 Å². The number of rotatable bonds is 24. The number of hydrogen-bond acceptors (Lipinski definition) is 27. The first-order chi connectivity index (χ1) is 51.2. The number of benzene rings is 6. The van der Waals surface area contributed by atoms with Crippen LogP contribution in [0.15, 0.2) is 174 Å². The molecule has 37 heteroatoms. The molecule has 9 N–H and O–H groups in total. The van der Waals surface area contributed by atoms with Crippen molar-refractivity contribution in [1.29, 1.82) is 0 Å². The van der Waals surface area contributed by atoms with Crippen molar-refractivity contribution in [3.8, 4) is 0 Å². The zero-order chi connectivity index (χ0) is 83.4. The van der Waals surface area contributed by atoms with Gasteiger partial charge in [0.1, 0.15) is 6.29 Å². The van der Waals surface area contributed by atoms with E-state index >= 15 is 0 Å². The SMILES string of the molecule is CC.CC1=N/C(=C\c2ccc([N+](=O)[O-])cc2)C(=O)O1.CCC(=O)O.CCO/C(=C\c1ccc([N+](=O)[O-])cc1)C(=O)O.CCOC(=O)/C(=C/c1ccc([N+](=O)[O-])cc1)OCC.CCOC(Cc1ccc(N)cc1)C(=O)O.CO.CO.O=C(O)/C(O)=C/c1ccc([N+](=O)[O-])cc1.O=Cc1ccc([N+](=O)[O-])cc1.[2H]CF. The number of nitro benzene ring substituents is 5. The number of aliphatic hydroxyl groups is 3. The topological polar surface area (TPSA) is 561 Å². The van der Waals surface area contributed by atoms with Crippen LogP contribution in [-0.4, -0.2) is 162 Å². The third kappa shape index (κ3) is 44.4. The Bertz CT molecular complexity index is 3930. The van der Waals surface area contributed by atoms with Gasteiger partial charge in [0.25, 0.3) is 28.4 Å². The highest BCUT2D eigenvalue weighted by Crippen LogP contribution is 2.21. The summed E-state index contributed by atoms with van der Waals surface area (Å²) >= 11 is 0. The number of esters is 2. The predicted molar refractivity (Wildman–Crippen MR) is 390 cm³/mol. The fourth-order valence-corrected chi connectivity index (χ4v) is 6.76. The summed E-state index contributed by atoms with van der Waals surface area (Å²) in [4.78, 5) is 127. The minimum Gasteiger partial charge on any atom is -0.502 e. The zero-order valence-corrected chi connectivity index (χ0v) is 59.5. The average molecular weight is 1510 g/mol. The van der Waals surface area contributed by atoms with Gasteiger partial charge in [0.05, 0.1) is 53.0 Å². The third-order valence-corrected chi connectivity index (χ3v) is 11.4. The summed E-state index contributed by atoms with van der Waals surface area (Å²) in [6.45, 7) is 15.3. The van der Waals surface area contributed by atoms with E-state index in [0.29, 0.717) is 65.3 Å². The van der Waals surface area contributed by atoms with E-state index in [-0.39, 0.29) is 65.3 Å². The van der Waals surface area contributed by atoms with E-state index in [9.17, 15) is 88.5 Å². The lowest BCUT2D eigenvalue weighted by molar-refractivity contribution is -0.385. The zero-order valence-electron chi connectivity index (χ0n) is 60.5. The van der Waals surface area contributed by atoms with E-state index in [1.807, 2.05) is 26.0 Å². The van der Waals surface area contributed by atoms with Crippen LogP contribution in [0, 0.1) is 50.6 Å². The summed E-state index contributed by atoms with van der Waals surface area (Å²) in [5.74, 6) is -6.01. The summed E-state index contributed by atoms with van der Waals surface area (Å²) in [5, 5.41) is 108. The van der Waals surface area contributed by atoms with Gasteiger partial charge in [-0.25, -0.2) is 29.0 Å². The van der Waals surface area contributed by atoms with Gasteiger partial charge >= 0.3 is 35.8 Å². The lowest BCUT2D eigenvalue weighted by atomic mass is 10.1. The van der Waals surface area contributed by atoms with Crippen LogP contribution in [0.4, 0.5) is 38.5 Å². The number of carboxylic acids is 4. The quantitative estimate of drug-likeness (QED) is 0.00530. The molecule has 7 rings (SSSR count). The fourth-order valence-electron chi connectivity index (χ4n) is 6.76. The fraction of sp³-hybridized carbons (Fsp3) is 0.257. The number of carboxylic acid groups (broad SMARTS) is 4. The molecule has 0 bridgehead atoms. The largest absolute Gasteiger partial charge is 0.502 e. The number of hydrogen-bond donors (Lipinski definition) is 8. The first kappa shape index (κ1) is 97.6. The van der Waals surface area contributed by atoms with Crippen LogP contribution >= 0.6 is 0 Å². The Morgan fingerprint density at radius 1 is 0.533 bits per heavy atom. The number of halogens is 1. The molecule has 6 aromatic carbocycles. The van der Waals surface area contributed by atoms with Gasteiger partial charge in [-0.05, 0) is 153 Å². The number of aldehydes is 1. The van der Waals surface area contributed by atoms with Gasteiger partial charge in [-0.3, -0.25) is 64.6 Å². The number of nitrogen functional groups attached to an aromatic ring is 1. The van der Waals surface area contributed by atoms with Crippen LogP contribution in [0.2, 0.25) is 0 Å². The maximum absolute atomic E-state index is 11.6. The number of aliphatic carboxylic acids is 4. The molecule has 1 unspecified atom stereocenters. The highest BCUT2D eigenvalue weighted by atomic mass is 19.1. The molecular weight excluding hydrogens is 1420 g/mol. The number of anilines is 1. The normalized spacial score (nSPS) is 11.3. The molecule has 6 aromatic rings. The number of nitrogens with two attached hydrogens (primary N) is 1. The molecule has 0 fully saturated rings. The molecule has 580 valence electrons. The maximum Gasteiger partial charge on any atom is 0.373 e. The summed E-state index contributed by atoms with van der Waals surface area (Å²) < 4.78 is 40.3. The Kier molecular flexibility index (Phi) is 53.9. The molecule has 0 radical (unpaired) electrons. The molecule has 0 amide bonds. The van der Waals surface area contributed by atoms with Crippen LogP contribution in [0.1, 0.15) is 101 Å². The lowest BCUT2D eigenvalue weighted by Gasteiger charge is -2.12. The van der Waals surface area contributed by atoms with Crippen molar-refractivity contribution < 1.29 is 123 Å². The van der Waals surface area contributed by atoms with E-state index in [2.05, 4.69) is 4.99 Å². The summed E-state index contributed by atoms with van der Waals surface area (Å²) in [5.41, 5.74) is 9.77. The second kappa shape index (κ2) is 59.0. The van der Waals surface area contributed by atoms with Gasteiger partial charge in [0.15, 0.2) is 17.7 Å². The van der Waals surface area contributed by atoms with Gasteiger partial charge in [0.2, 0.25) is 17.3 Å². The molecule has 1 aliphatic heterocycles. The van der Waals surface area contributed by atoms with E-state index in [4.69, 9.17) is 66.5 Å². The number of carbonyl (C=O) groups is 7. The number of aliphatic hydroxyl groups excluding tert-OH is 3. The van der Waals surface area contributed by atoms with Crippen molar-refractivity contribution in [3.63, 3.8) is 0 Å². The van der Waals surface area contributed by atoms with Crippen LogP contribution < -0.4 is 5.73 Å². The van der Waals surface area contributed by atoms with Gasteiger partial charge in [-0.2, -0.15) is 0 Å². The molecule has 0 aromatic heterocycles. The summed E-state index contributed by atoms with van der Waals surface area (Å²) in [6, 6.07) is 34.8. The second-order valence-corrected chi connectivity index (χ2v) is 18.6. The first-order valence-corrected chi connectivity index (χ1v) is 30.8. The van der Waals surface area contributed by atoms with Crippen LogP contribution in [0.25, 0.3) is 24.3 Å². The number of carbonyl (C=O) groups excluding carboxylic acids is 3.